The molecule has 0 fully saturated rings. The zero-order valence-corrected chi connectivity index (χ0v) is 28.5. The molecule has 4 aromatic rings. The predicted molar refractivity (Wildman–Crippen MR) is 181 cm³/mol. The minimum absolute atomic E-state index is 0.0506. The summed E-state index contributed by atoms with van der Waals surface area (Å²) in [6.45, 7) is 2.50. The summed E-state index contributed by atoms with van der Waals surface area (Å²) < 4.78 is 70.3. The lowest BCUT2D eigenvalue weighted by atomic mass is 10.0. The van der Waals surface area contributed by atoms with Crippen LogP contribution in [-0.2, 0) is 38.8 Å². The Bertz CT molecular complexity index is 1830. The van der Waals surface area contributed by atoms with Crippen LogP contribution < -0.4 is 9.62 Å². The maximum absolute atomic E-state index is 14.5. The molecule has 2 atom stereocenters. The lowest BCUT2D eigenvalue weighted by Crippen LogP contribution is -2.54. The molecule has 1 N–H and O–H groups in total. The van der Waals surface area contributed by atoms with Crippen LogP contribution >= 0.6 is 23.2 Å². The van der Waals surface area contributed by atoms with Gasteiger partial charge in [0.1, 0.15) is 12.6 Å². The Hall–Kier alpha value is -4.06. The van der Waals surface area contributed by atoms with E-state index in [0.717, 1.165) is 12.1 Å². The Labute approximate surface area is 288 Å². The average molecular weight is 721 g/mol. The zero-order valence-electron chi connectivity index (χ0n) is 26.1. The van der Waals surface area contributed by atoms with E-state index in [1.54, 1.807) is 60.7 Å². The molecule has 0 aliphatic rings. The molecule has 2 amide bonds. The Morgan fingerprint density at radius 2 is 1.46 bits per heavy atom. The van der Waals surface area contributed by atoms with Crippen LogP contribution in [0.1, 0.15) is 37.0 Å². The van der Waals surface area contributed by atoms with Crippen LogP contribution in [0.4, 0.5) is 18.9 Å². The fourth-order valence-corrected chi connectivity index (χ4v) is 6.83. The van der Waals surface area contributed by atoms with Crippen molar-refractivity contribution in [2.24, 2.45) is 0 Å². The molecule has 0 radical (unpaired) electrons. The lowest BCUT2D eigenvalue weighted by Gasteiger charge is -2.34. The van der Waals surface area contributed by atoms with E-state index in [9.17, 15) is 31.2 Å². The molecular weight excluding hydrogens is 686 g/mol. The van der Waals surface area contributed by atoms with Crippen molar-refractivity contribution in [1.29, 1.82) is 0 Å². The summed E-state index contributed by atoms with van der Waals surface area (Å²) in [5.41, 5.74) is -0.527. The van der Waals surface area contributed by atoms with Gasteiger partial charge >= 0.3 is 6.18 Å². The number of alkyl halides is 3. The number of nitrogens with zero attached hydrogens (tertiary/aromatic N) is 2. The van der Waals surface area contributed by atoms with Crippen molar-refractivity contribution in [3.05, 3.63) is 130 Å². The molecule has 0 aromatic heterocycles. The van der Waals surface area contributed by atoms with Crippen molar-refractivity contribution in [1.82, 2.24) is 10.2 Å². The number of carbonyl (C=O) groups is 2. The van der Waals surface area contributed by atoms with Crippen LogP contribution in [0.2, 0.25) is 10.0 Å². The van der Waals surface area contributed by atoms with E-state index in [4.69, 9.17) is 23.2 Å². The molecule has 4 aromatic carbocycles. The maximum atomic E-state index is 14.5. The standard InChI is InChI=1S/C35H34Cl2F3N3O4S/c1-3-24(2)41-34(45)32(20-25-12-6-4-7-13-25)42(22-26-14-10-11-17-29(26)36)33(44)23-43(48(46,47)28-15-8-5-9-16-28)31-21-27(35(38,39)40)18-19-30(31)37/h4-19,21,24,32H,3,20,22-23H2,1-2H3,(H,41,45)/t24-,32-/m0/s1. The SMILES string of the molecule is CC[C@H](C)NC(=O)[C@H](Cc1ccccc1)N(Cc1ccccc1Cl)C(=O)CN(c1cc(C(F)(F)F)ccc1Cl)S(=O)(=O)c1ccccc1. The highest BCUT2D eigenvalue weighted by Crippen LogP contribution is 2.37. The first kappa shape index (κ1) is 36.8. The lowest BCUT2D eigenvalue weighted by molar-refractivity contribution is -0.140. The molecular formula is C35H34Cl2F3N3O4S. The topological polar surface area (TPSA) is 86.8 Å². The van der Waals surface area contributed by atoms with Crippen molar-refractivity contribution in [2.75, 3.05) is 10.8 Å². The summed E-state index contributed by atoms with van der Waals surface area (Å²) in [4.78, 5) is 29.4. The third-order valence-electron chi connectivity index (χ3n) is 7.72. The Balaban J connectivity index is 1.88. The quantitative estimate of drug-likeness (QED) is 0.153. The van der Waals surface area contributed by atoms with E-state index in [1.165, 1.54) is 29.2 Å². The zero-order chi connectivity index (χ0) is 35.1. The number of sulfonamides is 1. The van der Waals surface area contributed by atoms with Gasteiger partial charge in [-0.1, -0.05) is 96.9 Å². The molecule has 0 bridgehead atoms. The number of amides is 2. The van der Waals surface area contributed by atoms with Crippen LogP contribution in [0.5, 0.6) is 0 Å². The molecule has 0 heterocycles. The van der Waals surface area contributed by atoms with Gasteiger partial charge in [0.2, 0.25) is 11.8 Å². The number of carbonyl (C=O) groups excluding carboxylic acids is 2. The molecule has 13 heteroatoms. The number of hydrogen-bond donors (Lipinski definition) is 1. The van der Waals surface area contributed by atoms with Gasteiger partial charge in [0.15, 0.2) is 0 Å². The minimum atomic E-state index is -4.84. The van der Waals surface area contributed by atoms with E-state index in [1.807, 2.05) is 13.8 Å². The molecule has 0 unspecified atom stereocenters. The van der Waals surface area contributed by atoms with E-state index in [0.29, 0.717) is 32.9 Å². The van der Waals surface area contributed by atoms with Crippen molar-refractivity contribution in [3.63, 3.8) is 0 Å². The van der Waals surface area contributed by atoms with Crippen LogP contribution in [0.3, 0.4) is 0 Å². The molecule has 0 aliphatic heterocycles. The maximum Gasteiger partial charge on any atom is 0.416 e. The second kappa shape index (κ2) is 15.9. The molecule has 7 nitrogen and oxygen atoms in total. The van der Waals surface area contributed by atoms with E-state index in [2.05, 4.69) is 5.32 Å². The first-order chi connectivity index (χ1) is 22.7. The van der Waals surface area contributed by atoms with Crippen LogP contribution in [0.25, 0.3) is 0 Å². The molecule has 254 valence electrons. The highest BCUT2D eigenvalue weighted by Gasteiger charge is 2.37. The summed E-state index contributed by atoms with van der Waals surface area (Å²) in [6, 6.07) is 23.4. The third-order valence-corrected chi connectivity index (χ3v) is 10.2. The molecule has 0 saturated carbocycles. The molecule has 0 saturated heterocycles. The molecule has 0 spiro atoms. The summed E-state index contributed by atoms with van der Waals surface area (Å²) in [5, 5.41) is 2.88. The Morgan fingerprint density at radius 3 is 2.06 bits per heavy atom. The monoisotopic (exact) mass is 719 g/mol. The summed E-state index contributed by atoms with van der Waals surface area (Å²) in [7, 11) is -4.67. The number of rotatable bonds is 13. The number of anilines is 1. The highest BCUT2D eigenvalue weighted by molar-refractivity contribution is 7.92. The fraction of sp³-hybridized carbons (Fsp3) is 0.257. The van der Waals surface area contributed by atoms with Crippen LogP contribution in [0.15, 0.2) is 108 Å². The number of halogens is 5. The van der Waals surface area contributed by atoms with Crippen molar-refractivity contribution in [3.8, 4) is 0 Å². The normalized spacial score (nSPS) is 13.0. The van der Waals surface area contributed by atoms with Gasteiger partial charge in [-0.05, 0) is 60.9 Å². The van der Waals surface area contributed by atoms with Crippen LogP contribution in [0, 0.1) is 0 Å². The second-order valence-corrected chi connectivity index (χ2v) is 13.8. The van der Waals surface area contributed by atoms with Gasteiger partial charge in [0, 0.05) is 24.0 Å². The molecule has 48 heavy (non-hydrogen) atoms. The molecule has 4 rings (SSSR count). The second-order valence-electron chi connectivity index (χ2n) is 11.1. The Kier molecular flexibility index (Phi) is 12.2. The molecule has 0 aliphatic carbocycles. The van der Waals surface area contributed by atoms with Gasteiger partial charge in [-0.2, -0.15) is 13.2 Å². The van der Waals surface area contributed by atoms with Crippen LogP contribution in [-0.4, -0.2) is 43.8 Å². The first-order valence-corrected chi connectivity index (χ1v) is 17.2. The van der Waals surface area contributed by atoms with E-state index >= 15 is 0 Å². The third kappa shape index (κ3) is 9.09. The summed E-state index contributed by atoms with van der Waals surface area (Å²) >= 11 is 12.9. The minimum Gasteiger partial charge on any atom is -0.352 e. The van der Waals surface area contributed by atoms with E-state index < -0.39 is 51.9 Å². The smallest absolute Gasteiger partial charge is 0.352 e. The Morgan fingerprint density at radius 1 is 0.854 bits per heavy atom. The van der Waals surface area contributed by atoms with E-state index in [-0.39, 0.29) is 28.9 Å². The first-order valence-electron chi connectivity index (χ1n) is 15.0. The van der Waals surface area contributed by atoms with Gasteiger partial charge in [-0.15, -0.1) is 0 Å². The van der Waals surface area contributed by atoms with Gasteiger partial charge < -0.3 is 10.2 Å². The van der Waals surface area contributed by atoms with Crippen molar-refractivity contribution >= 4 is 50.7 Å². The van der Waals surface area contributed by atoms with Crippen molar-refractivity contribution < 1.29 is 31.2 Å². The van der Waals surface area contributed by atoms with Gasteiger partial charge in [0.25, 0.3) is 10.0 Å². The summed E-state index contributed by atoms with van der Waals surface area (Å²) in [6.07, 6.45) is -4.19. The number of nitrogens with one attached hydrogen (secondary N) is 1. The van der Waals surface area contributed by atoms with Gasteiger partial charge in [0.05, 0.1) is 21.2 Å². The summed E-state index contributed by atoms with van der Waals surface area (Å²) in [5.74, 6) is -1.37. The largest absolute Gasteiger partial charge is 0.416 e. The average Bonchev–Trinajstić information content (AvgIpc) is 3.06. The highest BCUT2D eigenvalue weighted by atomic mass is 35.5. The fourth-order valence-electron chi connectivity index (χ4n) is 4.92. The van der Waals surface area contributed by atoms with Gasteiger partial charge in [-0.3, -0.25) is 13.9 Å². The van der Waals surface area contributed by atoms with Gasteiger partial charge in [-0.25, -0.2) is 8.42 Å². The predicted octanol–water partition coefficient (Wildman–Crippen LogP) is 7.76. The number of hydrogen-bond acceptors (Lipinski definition) is 4. The number of benzene rings is 4. The van der Waals surface area contributed by atoms with Crippen molar-refractivity contribution in [2.45, 2.75) is 56.4 Å².